The maximum Gasteiger partial charge on any atom is 0.115 e. The molecule has 0 radical (unpaired) electrons. The molecule has 1 fully saturated rings. The molecule has 0 saturated carbocycles. The van der Waals surface area contributed by atoms with Crippen LogP contribution in [0.15, 0.2) is 35.6 Å². The Morgan fingerprint density at radius 2 is 1.94 bits per heavy atom. The summed E-state index contributed by atoms with van der Waals surface area (Å²) in [7, 11) is 2.18. The molecular weight excluding hydrogens is 222 g/mol. The van der Waals surface area contributed by atoms with Gasteiger partial charge in [0.25, 0.3) is 0 Å². The lowest BCUT2D eigenvalue weighted by atomic mass is 10.0. The van der Waals surface area contributed by atoms with Gasteiger partial charge in [0.1, 0.15) is 11.9 Å². The van der Waals surface area contributed by atoms with Crippen LogP contribution in [0.3, 0.4) is 0 Å². The van der Waals surface area contributed by atoms with Gasteiger partial charge in [0, 0.05) is 13.1 Å². The van der Waals surface area contributed by atoms with Crippen LogP contribution in [0, 0.1) is 5.92 Å². The minimum Gasteiger partial charge on any atom is -0.491 e. The van der Waals surface area contributed by atoms with Crippen LogP contribution in [-0.2, 0) is 4.74 Å². The monoisotopic (exact) mass is 247 g/mol. The molecule has 0 aromatic carbocycles. The van der Waals surface area contributed by atoms with E-state index in [9.17, 15) is 0 Å². The molecule has 0 amide bonds. The molecule has 100 valence electrons. The number of allylic oxidation sites excluding steroid dienone is 5. The fraction of sp³-hybridized carbons (Fsp3) is 0.625. The molecule has 2 rings (SSSR count). The van der Waals surface area contributed by atoms with E-state index in [4.69, 9.17) is 4.74 Å². The number of ether oxygens (including phenoxy) is 1. The first-order valence-corrected chi connectivity index (χ1v) is 7.05. The Balaban J connectivity index is 1.94. The highest BCUT2D eigenvalue weighted by Crippen LogP contribution is 2.20. The zero-order chi connectivity index (χ0) is 13.0. The SMILES string of the molecule is CC1=C/C(C)C/C=C(OC2CCN(C)CC2)/C=C\1. The summed E-state index contributed by atoms with van der Waals surface area (Å²) in [6, 6.07) is 0. The smallest absolute Gasteiger partial charge is 0.115 e. The summed E-state index contributed by atoms with van der Waals surface area (Å²) < 4.78 is 6.13. The molecule has 1 atom stereocenters. The number of piperidine rings is 1. The lowest BCUT2D eigenvalue weighted by Gasteiger charge is -2.29. The van der Waals surface area contributed by atoms with E-state index >= 15 is 0 Å². The van der Waals surface area contributed by atoms with Gasteiger partial charge < -0.3 is 9.64 Å². The van der Waals surface area contributed by atoms with Crippen molar-refractivity contribution in [3.63, 3.8) is 0 Å². The summed E-state index contributed by atoms with van der Waals surface area (Å²) in [6.45, 7) is 6.71. The second-order valence-electron chi connectivity index (χ2n) is 5.68. The number of nitrogens with zero attached hydrogens (tertiary/aromatic N) is 1. The second kappa shape index (κ2) is 6.24. The zero-order valence-corrected chi connectivity index (χ0v) is 11.9. The predicted molar refractivity (Wildman–Crippen MR) is 76.4 cm³/mol. The zero-order valence-electron chi connectivity index (χ0n) is 11.9. The van der Waals surface area contributed by atoms with Gasteiger partial charge >= 0.3 is 0 Å². The van der Waals surface area contributed by atoms with E-state index in [1.807, 2.05) is 0 Å². The Kier molecular flexibility index (Phi) is 4.65. The highest BCUT2D eigenvalue weighted by Gasteiger charge is 2.18. The standard InChI is InChI=1S/C16H25NO/c1-13-4-6-15(7-5-14(2)12-13)18-16-8-10-17(3)11-9-16/h4,6-7,12,14,16H,5,8-11H2,1-3H3/b6-4-,13-12-,15-7-. The Morgan fingerprint density at radius 3 is 2.67 bits per heavy atom. The number of hydrogen-bond donors (Lipinski definition) is 0. The first-order chi connectivity index (χ1) is 8.63. The lowest BCUT2D eigenvalue weighted by Crippen LogP contribution is -2.34. The predicted octanol–water partition coefficient (Wildman–Crippen LogP) is 3.52. The molecule has 1 aliphatic heterocycles. The average Bonchev–Trinajstić information content (AvgIpc) is 2.33. The third kappa shape index (κ3) is 4.02. The summed E-state index contributed by atoms with van der Waals surface area (Å²) in [6.07, 6.45) is 12.6. The molecule has 2 heteroatoms. The fourth-order valence-corrected chi connectivity index (χ4v) is 2.54. The van der Waals surface area contributed by atoms with Crippen LogP contribution in [0.4, 0.5) is 0 Å². The topological polar surface area (TPSA) is 12.5 Å². The maximum atomic E-state index is 6.13. The van der Waals surface area contributed by atoms with Gasteiger partial charge in [-0.25, -0.2) is 0 Å². The Labute approximate surface area is 111 Å². The van der Waals surface area contributed by atoms with Gasteiger partial charge in [-0.05, 0) is 51.3 Å². The van der Waals surface area contributed by atoms with Gasteiger partial charge in [-0.1, -0.05) is 24.6 Å². The van der Waals surface area contributed by atoms with Gasteiger partial charge in [0.05, 0.1) is 0 Å². The van der Waals surface area contributed by atoms with E-state index < -0.39 is 0 Å². The Hall–Kier alpha value is -1.02. The average molecular weight is 247 g/mol. The van der Waals surface area contributed by atoms with Gasteiger partial charge in [0.2, 0.25) is 0 Å². The molecule has 1 heterocycles. The van der Waals surface area contributed by atoms with Crippen LogP contribution in [0.25, 0.3) is 0 Å². The summed E-state index contributed by atoms with van der Waals surface area (Å²) in [5.74, 6) is 1.66. The molecule has 0 N–H and O–H groups in total. The van der Waals surface area contributed by atoms with E-state index in [-0.39, 0.29) is 0 Å². The third-order valence-electron chi connectivity index (χ3n) is 3.72. The van der Waals surface area contributed by atoms with Crippen LogP contribution in [0.1, 0.15) is 33.1 Å². The molecule has 1 unspecified atom stereocenters. The summed E-state index contributed by atoms with van der Waals surface area (Å²) in [5.41, 5.74) is 1.33. The minimum atomic E-state index is 0.399. The van der Waals surface area contributed by atoms with Crippen molar-refractivity contribution < 1.29 is 4.74 Å². The van der Waals surface area contributed by atoms with Crippen molar-refractivity contribution in [2.45, 2.75) is 39.2 Å². The van der Waals surface area contributed by atoms with Gasteiger partial charge in [-0.2, -0.15) is 0 Å². The van der Waals surface area contributed by atoms with E-state index in [1.165, 1.54) is 5.57 Å². The second-order valence-corrected chi connectivity index (χ2v) is 5.68. The third-order valence-corrected chi connectivity index (χ3v) is 3.72. The highest BCUT2D eigenvalue weighted by atomic mass is 16.5. The molecular formula is C16H25NO. The van der Waals surface area contributed by atoms with Gasteiger partial charge in [-0.15, -0.1) is 0 Å². The minimum absolute atomic E-state index is 0.399. The van der Waals surface area contributed by atoms with Gasteiger partial charge in [-0.3, -0.25) is 0 Å². The largest absolute Gasteiger partial charge is 0.491 e. The normalized spacial score (nSPS) is 34.7. The molecule has 1 saturated heterocycles. The van der Waals surface area contributed by atoms with Crippen molar-refractivity contribution in [2.24, 2.45) is 5.92 Å². The molecule has 0 spiro atoms. The molecule has 1 aliphatic carbocycles. The molecule has 2 nitrogen and oxygen atoms in total. The lowest BCUT2D eigenvalue weighted by molar-refractivity contribution is 0.0635. The fourth-order valence-electron chi connectivity index (χ4n) is 2.54. The summed E-state index contributed by atoms with van der Waals surface area (Å²) in [4.78, 5) is 2.37. The van der Waals surface area contributed by atoms with Crippen LogP contribution in [-0.4, -0.2) is 31.1 Å². The van der Waals surface area contributed by atoms with Crippen LogP contribution in [0.5, 0.6) is 0 Å². The van der Waals surface area contributed by atoms with E-state index in [0.717, 1.165) is 38.1 Å². The Bertz CT molecular complexity index is 359. The van der Waals surface area contributed by atoms with Crippen molar-refractivity contribution in [1.29, 1.82) is 0 Å². The summed E-state index contributed by atoms with van der Waals surface area (Å²) >= 11 is 0. The van der Waals surface area contributed by atoms with E-state index in [1.54, 1.807) is 0 Å². The van der Waals surface area contributed by atoms with Crippen molar-refractivity contribution in [3.05, 3.63) is 35.6 Å². The first kappa shape index (κ1) is 13.4. The molecule has 0 bridgehead atoms. The quantitative estimate of drug-likeness (QED) is 0.740. The van der Waals surface area contributed by atoms with Crippen LogP contribution >= 0.6 is 0 Å². The van der Waals surface area contributed by atoms with Crippen LogP contribution < -0.4 is 0 Å². The number of likely N-dealkylation sites (tertiary alicyclic amines) is 1. The Morgan fingerprint density at radius 1 is 1.22 bits per heavy atom. The molecule has 2 aliphatic rings. The van der Waals surface area contributed by atoms with Gasteiger partial charge in [0.15, 0.2) is 0 Å². The van der Waals surface area contributed by atoms with Crippen LogP contribution in [0.2, 0.25) is 0 Å². The first-order valence-electron chi connectivity index (χ1n) is 7.05. The molecule has 18 heavy (non-hydrogen) atoms. The van der Waals surface area contributed by atoms with Crippen molar-refractivity contribution in [3.8, 4) is 0 Å². The molecule has 0 aromatic heterocycles. The maximum absolute atomic E-state index is 6.13. The highest BCUT2D eigenvalue weighted by molar-refractivity contribution is 5.26. The van der Waals surface area contributed by atoms with Crippen molar-refractivity contribution >= 4 is 0 Å². The molecule has 0 aromatic rings. The number of hydrogen-bond acceptors (Lipinski definition) is 2. The van der Waals surface area contributed by atoms with E-state index in [2.05, 4.69) is 50.1 Å². The van der Waals surface area contributed by atoms with Crippen molar-refractivity contribution in [1.82, 2.24) is 4.90 Å². The summed E-state index contributed by atoms with van der Waals surface area (Å²) in [5, 5.41) is 0. The van der Waals surface area contributed by atoms with Crippen molar-refractivity contribution in [2.75, 3.05) is 20.1 Å². The van der Waals surface area contributed by atoms with E-state index in [0.29, 0.717) is 12.0 Å². The number of rotatable bonds is 2.